The Labute approximate surface area is 125 Å². The summed E-state index contributed by atoms with van der Waals surface area (Å²) in [7, 11) is -3.47. The van der Waals surface area contributed by atoms with E-state index < -0.39 is 10.0 Å². The van der Waals surface area contributed by atoms with Gasteiger partial charge in [-0.25, -0.2) is 13.1 Å². The van der Waals surface area contributed by atoms with Crippen LogP contribution in [0.3, 0.4) is 0 Å². The van der Waals surface area contributed by atoms with Gasteiger partial charge in [0.15, 0.2) is 0 Å². The molecule has 2 aromatic heterocycles. The quantitative estimate of drug-likeness (QED) is 0.911. The molecule has 0 aliphatic heterocycles. The van der Waals surface area contributed by atoms with Gasteiger partial charge in [0.05, 0.1) is 3.79 Å². The number of nitrogens with zero attached hydrogens (tertiary/aromatic N) is 1. The first-order chi connectivity index (χ1) is 8.90. The second kappa shape index (κ2) is 5.70. The third-order valence-electron chi connectivity index (χ3n) is 2.70. The van der Waals surface area contributed by atoms with Crippen molar-refractivity contribution in [2.75, 3.05) is 0 Å². The molecular formula is C12H13BrN2O2S2. The molecule has 0 aliphatic carbocycles. The van der Waals surface area contributed by atoms with Gasteiger partial charge >= 0.3 is 0 Å². The van der Waals surface area contributed by atoms with Gasteiger partial charge in [0.25, 0.3) is 0 Å². The predicted molar refractivity (Wildman–Crippen MR) is 79.8 cm³/mol. The molecule has 0 spiro atoms. The van der Waals surface area contributed by atoms with Gasteiger partial charge in [-0.1, -0.05) is 0 Å². The van der Waals surface area contributed by atoms with Gasteiger partial charge in [-0.05, 0) is 58.6 Å². The monoisotopic (exact) mass is 360 g/mol. The molecule has 0 bridgehead atoms. The Hall–Kier alpha value is -0.760. The summed E-state index contributed by atoms with van der Waals surface area (Å²) in [4.78, 5) is 4.00. The van der Waals surface area contributed by atoms with E-state index in [2.05, 4.69) is 25.6 Å². The molecule has 1 N–H and O–H groups in total. The largest absolute Gasteiger partial charge is 0.264 e. The van der Waals surface area contributed by atoms with Crippen LogP contribution < -0.4 is 4.72 Å². The standard InChI is InChI=1S/C12H13BrN2O2S2/c1-8-3-4-14-6-10(8)7-15-19(16,17)11-5-9(2)12(13)18-11/h3-6,15H,7H2,1-2H3. The number of rotatable bonds is 4. The number of nitrogens with one attached hydrogen (secondary N) is 1. The normalized spacial score (nSPS) is 11.7. The topological polar surface area (TPSA) is 59.1 Å². The minimum absolute atomic E-state index is 0.247. The van der Waals surface area contributed by atoms with Gasteiger partial charge in [0.1, 0.15) is 4.21 Å². The van der Waals surface area contributed by atoms with Crippen molar-refractivity contribution in [2.24, 2.45) is 0 Å². The van der Waals surface area contributed by atoms with Crippen LogP contribution in [0.15, 0.2) is 32.5 Å². The Morgan fingerprint density at radius 3 is 2.68 bits per heavy atom. The van der Waals surface area contributed by atoms with Crippen LogP contribution in [0.5, 0.6) is 0 Å². The second-order valence-corrected chi connectivity index (χ2v) is 8.51. The number of aromatic nitrogens is 1. The van der Waals surface area contributed by atoms with Crippen molar-refractivity contribution in [3.8, 4) is 0 Å². The van der Waals surface area contributed by atoms with Crippen molar-refractivity contribution in [3.05, 3.63) is 45.0 Å². The number of halogens is 1. The highest BCUT2D eigenvalue weighted by Crippen LogP contribution is 2.30. The van der Waals surface area contributed by atoms with Crippen LogP contribution in [-0.2, 0) is 16.6 Å². The van der Waals surface area contributed by atoms with Crippen molar-refractivity contribution in [1.29, 1.82) is 0 Å². The van der Waals surface area contributed by atoms with E-state index in [1.807, 2.05) is 19.9 Å². The molecule has 2 rings (SSSR count). The van der Waals surface area contributed by atoms with Crippen LogP contribution >= 0.6 is 27.3 Å². The van der Waals surface area contributed by atoms with E-state index in [0.717, 1.165) is 20.5 Å². The summed E-state index contributed by atoms with van der Waals surface area (Å²) < 4.78 is 28.0. The first-order valence-electron chi connectivity index (χ1n) is 5.55. The molecule has 0 saturated carbocycles. The summed E-state index contributed by atoms with van der Waals surface area (Å²) in [6.45, 7) is 4.04. The van der Waals surface area contributed by atoms with Crippen LogP contribution in [0.1, 0.15) is 16.7 Å². The molecule has 19 heavy (non-hydrogen) atoms. The Kier molecular flexibility index (Phi) is 4.39. The third kappa shape index (κ3) is 3.42. The van der Waals surface area contributed by atoms with Gasteiger partial charge in [0.2, 0.25) is 10.0 Å². The smallest absolute Gasteiger partial charge is 0.250 e. The lowest BCUT2D eigenvalue weighted by Gasteiger charge is -2.06. The van der Waals surface area contributed by atoms with Crippen LogP contribution in [0.4, 0.5) is 0 Å². The maximum atomic E-state index is 12.1. The van der Waals surface area contributed by atoms with Crippen molar-refractivity contribution in [3.63, 3.8) is 0 Å². The lowest BCUT2D eigenvalue weighted by Crippen LogP contribution is -2.22. The van der Waals surface area contributed by atoms with E-state index in [1.165, 1.54) is 11.3 Å². The molecular weight excluding hydrogens is 348 g/mol. The highest BCUT2D eigenvalue weighted by Gasteiger charge is 2.18. The molecule has 0 fully saturated rings. The third-order valence-corrected chi connectivity index (χ3v) is 6.71. The zero-order valence-corrected chi connectivity index (χ0v) is 13.7. The first-order valence-corrected chi connectivity index (χ1v) is 8.64. The number of aryl methyl sites for hydroxylation is 2. The SMILES string of the molecule is Cc1ccncc1CNS(=O)(=O)c1cc(C)c(Br)s1. The Bertz CT molecular complexity index is 676. The fraction of sp³-hybridized carbons (Fsp3) is 0.250. The van der Waals surface area contributed by atoms with E-state index in [-0.39, 0.29) is 6.54 Å². The maximum Gasteiger partial charge on any atom is 0.250 e. The van der Waals surface area contributed by atoms with Gasteiger partial charge in [0, 0.05) is 18.9 Å². The van der Waals surface area contributed by atoms with Crippen LogP contribution in [0, 0.1) is 13.8 Å². The van der Waals surface area contributed by atoms with E-state index in [9.17, 15) is 8.42 Å². The molecule has 0 unspecified atom stereocenters. The minimum Gasteiger partial charge on any atom is -0.264 e. The number of thiophene rings is 1. The number of hydrogen-bond acceptors (Lipinski definition) is 4. The molecule has 2 aromatic rings. The van der Waals surface area contributed by atoms with Crippen molar-refractivity contribution >= 4 is 37.3 Å². The molecule has 0 radical (unpaired) electrons. The Morgan fingerprint density at radius 1 is 1.37 bits per heavy atom. The molecule has 2 heterocycles. The highest BCUT2D eigenvalue weighted by molar-refractivity contribution is 9.11. The van der Waals surface area contributed by atoms with Crippen molar-refractivity contribution in [1.82, 2.24) is 9.71 Å². The summed E-state index contributed by atoms with van der Waals surface area (Å²) in [6.07, 6.45) is 3.36. The highest BCUT2D eigenvalue weighted by atomic mass is 79.9. The van der Waals surface area contributed by atoms with Crippen LogP contribution in [0.2, 0.25) is 0 Å². The fourth-order valence-electron chi connectivity index (χ4n) is 1.49. The number of sulfonamides is 1. The zero-order valence-electron chi connectivity index (χ0n) is 10.5. The minimum atomic E-state index is -3.47. The van der Waals surface area contributed by atoms with E-state index in [1.54, 1.807) is 18.5 Å². The number of hydrogen-bond donors (Lipinski definition) is 1. The maximum absolute atomic E-state index is 12.1. The van der Waals surface area contributed by atoms with Crippen molar-refractivity contribution < 1.29 is 8.42 Å². The molecule has 7 heteroatoms. The first kappa shape index (κ1) is 14.6. The van der Waals surface area contributed by atoms with E-state index in [4.69, 9.17) is 0 Å². The summed E-state index contributed by atoms with van der Waals surface area (Å²) in [5.41, 5.74) is 2.81. The van der Waals surface area contributed by atoms with Gasteiger partial charge in [-0.2, -0.15) is 0 Å². The fourth-order valence-corrected chi connectivity index (χ4v) is 4.77. The lowest BCUT2D eigenvalue weighted by molar-refractivity contribution is 0.583. The Morgan fingerprint density at radius 2 is 2.11 bits per heavy atom. The van der Waals surface area contributed by atoms with Crippen molar-refractivity contribution in [2.45, 2.75) is 24.6 Å². The molecule has 0 amide bonds. The van der Waals surface area contributed by atoms with Gasteiger partial charge in [-0.3, -0.25) is 4.98 Å². The summed E-state index contributed by atoms with van der Waals surface area (Å²) in [6, 6.07) is 3.52. The van der Waals surface area contributed by atoms with E-state index in [0.29, 0.717) is 4.21 Å². The summed E-state index contributed by atoms with van der Waals surface area (Å²) in [5.74, 6) is 0. The van der Waals surface area contributed by atoms with Gasteiger partial charge < -0.3 is 0 Å². The molecule has 0 atom stereocenters. The average molecular weight is 361 g/mol. The molecule has 102 valence electrons. The average Bonchev–Trinajstić information content (AvgIpc) is 2.70. The summed E-state index contributed by atoms with van der Waals surface area (Å²) in [5, 5.41) is 0. The second-order valence-electron chi connectivity index (χ2n) is 4.15. The molecule has 4 nitrogen and oxygen atoms in total. The number of pyridine rings is 1. The van der Waals surface area contributed by atoms with Crippen LogP contribution in [-0.4, -0.2) is 13.4 Å². The van der Waals surface area contributed by atoms with Gasteiger partial charge in [-0.15, -0.1) is 11.3 Å². The predicted octanol–water partition coefficient (Wildman–Crippen LogP) is 3.00. The van der Waals surface area contributed by atoms with E-state index >= 15 is 0 Å². The Balaban J connectivity index is 2.17. The summed E-state index contributed by atoms with van der Waals surface area (Å²) >= 11 is 4.54. The van der Waals surface area contributed by atoms with Crippen LogP contribution in [0.25, 0.3) is 0 Å². The lowest BCUT2D eigenvalue weighted by atomic mass is 10.2. The zero-order chi connectivity index (χ0) is 14.0. The molecule has 0 aromatic carbocycles. The molecule has 0 aliphatic rings. The molecule has 0 saturated heterocycles.